The number of ether oxygens (including phenoxy) is 1. The van der Waals surface area contributed by atoms with E-state index in [0.29, 0.717) is 18.0 Å². The van der Waals surface area contributed by atoms with Gasteiger partial charge in [0.05, 0.1) is 12.1 Å². The molecule has 1 aliphatic rings. The molecule has 0 aromatic heterocycles. The average Bonchev–Trinajstić information content (AvgIpc) is 2.58. The molecule has 124 valence electrons. The van der Waals surface area contributed by atoms with Gasteiger partial charge in [0.2, 0.25) is 5.91 Å². The van der Waals surface area contributed by atoms with Gasteiger partial charge in [0.1, 0.15) is 5.75 Å². The van der Waals surface area contributed by atoms with Gasteiger partial charge < -0.3 is 15.0 Å². The fraction of sp³-hybridized carbons (Fsp3) is 0.263. The number of amides is 2. The van der Waals surface area contributed by atoms with Crippen LogP contribution in [0.2, 0.25) is 0 Å². The number of rotatable bonds is 4. The van der Waals surface area contributed by atoms with Gasteiger partial charge in [-0.15, -0.1) is 0 Å². The third-order valence-electron chi connectivity index (χ3n) is 4.02. The third kappa shape index (κ3) is 3.25. The predicted molar refractivity (Wildman–Crippen MR) is 93.3 cm³/mol. The maximum Gasteiger partial charge on any atom is 0.265 e. The molecule has 2 aromatic rings. The molecule has 0 saturated heterocycles. The summed E-state index contributed by atoms with van der Waals surface area (Å²) in [7, 11) is 0. The highest BCUT2D eigenvalue weighted by molar-refractivity contribution is 5.98. The van der Waals surface area contributed by atoms with Gasteiger partial charge in [0.15, 0.2) is 6.10 Å². The first-order valence-corrected chi connectivity index (χ1v) is 8.04. The van der Waals surface area contributed by atoms with E-state index in [2.05, 4.69) is 5.32 Å². The molecule has 0 fully saturated rings. The second-order valence-electron chi connectivity index (χ2n) is 5.73. The van der Waals surface area contributed by atoms with E-state index in [1.165, 1.54) is 0 Å². The quantitative estimate of drug-likeness (QED) is 0.940. The minimum Gasteiger partial charge on any atom is -0.479 e. The highest BCUT2D eigenvalue weighted by Crippen LogP contribution is 2.30. The topological polar surface area (TPSA) is 58.6 Å². The first-order chi connectivity index (χ1) is 11.6. The van der Waals surface area contributed by atoms with Crippen LogP contribution in [0.5, 0.6) is 5.75 Å². The van der Waals surface area contributed by atoms with Crippen LogP contribution in [0.4, 0.5) is 11.4 Å². The van der Waals surface area contributed by atoms with Crippen LogP contribution in [0.15, 0.2) is 48.5 Å². The van der Waals surface area contributed by atoms with E-state index in [1.807, 2.05) is 43.3 Å². The lowest BCUT2D eigenvalue weighted by Crippen LogP contribution is -2.34. The molecule has 0 spiro atoms. The number of hydrogen-bond acceptors (Lipinski definition) is 3. The molecule has 2 amide bonds. The number of likely N-dealkylation sites (N-methyl/N-ethyl adjacent to an activating group) is 1. The first-order valence-electron chi connectivity index (χ1n) is 8.04. The Labute approximate surface area is 141 Å². The lowest BCUT2D eigenvalue weighted by atomic mass is 10.1. The van der Waals surface area contributed by atoms with Crippen molar-refractivity contribution >= 4 is 23.2 Å². The van der Waals surface area contributed by atoms with Crippen LogP contribution >= 0.6 is 0 Å². The van der Waals surface area contributed by atoms with Gasteiger partial charge in [0.25, 0.3) is 5.91 Å². The van der Waals surface area contributed by atoms with Crippen molar-refractivity contribution < 1.29 is 14.3 Å². The number of fused-ring (bicyclic) bond motifs is 1. The van der Waals surface area contributed by atoms with Crippen LogP contribution in [-0.2, 0) is 16.0 Å². The molecule has 5 nitrogen and oxygen atoms in total. The number of anilines is 2. The fourth-order valence-corrected chi connectivity index (χ4v) is 2.75. The molecule has 0 bridgehead atoms. The molecular weight excluding hydrogens is 304 g/mol. The van der Waals surface area contributed by atoms with Gasteiger partial charge in [-0.25, -0.2) is 0 Å². The number of para-hydroxylation sites is 1. The van der Waals surface area contributed by atoms with Crippen LogP contribution in [0.1, 0.15) is 19.4 Å². The highest BCUT2D eigenvalue weighted by atomic mass is 16.5. The Morgan fingerprint density at radius 1 is 1.21 bits per heavy atom. The largest absolute Gasteiger partial charge is 0.479 e. The van der Waals surface area contributed by atoms with Crippen molar-refractivity contribution in [2.75, 3.05) is 16.8 Å². The summed E-state index contributed by atoms with van der Waals surface area (Å²) < 4.78 is 5.53. The molecule has 0 radical (unpaired) electrons. The number of carbonyl (C=O) groups excluding carboxylic acids is 2. The van der Waals surface area contributed by atoms with E-state index in [0.717, 1.165) is 11.3 Å². The van der Waals surface area contributed by atoms with Crippen LogP contribution in [0.3, 0.4) is 0 Å². The Kier molecular flexibility index (Phi) is 4.51. The first kappa shape index (κ1) is 16.1. The smallest absolute Gasteiger partial charge is 0.265 e. The summed E-state index contributed by atoms with van der Waals surface area (Å²) in [5.74, 6) is 0.472. The molecule has 3 rings (SSSR count). The van der Waals surface area contributed by atoms with Gasteiger partial charge in [-0.1, -0.05) is 24.3 Å². The summed E-state index contributed by atoms with van der Waals surface area (Å²) in [6, 6.07) is 15.1. The third-order valence-corrected chi connectivity index (χ3v) is 4.02. The Balaban J connectivity index is 1.77. The van der Waals surface area contributed by atoms with Crippen LogP contribution in [-0.4, -0.2) is 24.5 Å². The molecule has 1 heterocycles. The number of carbonyl (C=O) groups is 2. The summed E-state index contributed by atoms with van der Waals surface area (Å²) in [6.07, 6.45) is -0.236. The van der Waals surface area contributed by atoms with E-state index in [4.69, 9.17) is 4.74 Å². The van der Waals surface area contributed by atoms with Crippen LogP contribution in [0.25, 0.3) is 0 Å². The monoisotopic (exact) mass is 324 g/mol. The minimum absolute atomic E-state index is 0.0140. The number of nitrogens with zero attached hydrogens (tertiary/aromatic N) is 1. The molecular formula is C19H20N2O3. The Bertz CT molecular complexity index is 758. The molecule has 24 heavy (non-hydrogen) atoms. The van der Waals surface area contributed by atoms with Gasteiger partial charge in [-0.05, 0) is 43.7 Å². The Morgan fingerprint density at radius 2 is 1.96 bits per heavy atom. The van der Waals surface area contributed by atoms with Crippen molar-refractivity contribution in [2.45, 2.75) is 26.4 Å². The van der Waals surface area contributed by atoms with E-state index in [1.54, 1.807) is 24.0 Å². The Morgan fingerprint density at radius 3 is 2.67 bits per heavy atom. The zero-order valence-corrected chi connectivity index (χ0v) is 13.8. The van der Waals surface area contributed by atoms with Crippen molar-refractivity contribution in [1.82, 2.24) is 0 Å². The van der Waals surface area contributed by atoms with Gasteiger partial charge in [-0.2, -0.15) is 0 Å². The van der Waals surface area contributed by atoms with Crippen molar-refractivity contribution in [2.24, 2.45) is 0 Å². The normalized spacial score (nSPS) is 15.9. The molecule has 1 N–H and O–H groups in total. The molecule has 0 saturated carbocycles. The number of benzene rings is 2. The number of nitrogens with one attached hydrogen (secondary N) is 1. The summed E-state index contributed by atoms with van der Waals surface area (Å²) in [5, 5.41) is 2.81. The standard InChI is InChI=1S/C19H20N2O3/c1-3-21(15-7-5-4-6-8-15)18(22)12-14-9-10-17-16(11-14)20-19(23)13(2)24-17/h4-11,13H,3,12H2,1-2H3,(H,20,23). The van der Waals surface area contributed by atoms with Gasteiger partial charge >= 0.3 is 0 Å². The van der Waals surface area contributed by atoms with Crippen molar-refractivity contribution in [1.29, 1.82) is 0 Å². The molecule has 5 heteroatoms. The molecule has 1 atom stereocenters. The maximum atomic E-state index is 12.6. The van der Waals surface area contributed by atoms with E-state index < -0.39 is 6.10 Å². The molecule has 1 aliphatic heterocycles. The zero-order valence-electron chi connectivity index (χ0n) is 13.8. The predicted octanol–water partition coefficient (Wildman–Crippen LogP) is 3.00. The summed E-state index contributed by atoms with van der Waals surface area (Å²) in [5.41, 5.74) is 2.34. The Hall–Kier alpha value is -2.82. The minimum atomic E-state index is -0.501. The van der Waals surface area contributed by atoms with Gasteiger partial charge in [-0.3, -0.25) is 9.59 Å². The SMILES string of the molecule is CCN(C(=O)Cc1ccc2c(c1)NC(=O)C(C)O2)c1ccccc1. The van der Waals surface area contributed by atoms with Crippen LogP contribution in [0, 0.1) is 0 Å². The zero-order chi connectivity index (χ0) is 17.1. The fourth-order valence-electron chi connectivity index (χ4n) is 2.75. The molecule has 2 aromatic carbocycles. The lowest BCUT2D eigenvalue weighted by Gasteiger charge is -2.24. The van der Waals surface area contributed by atoms with Crippen molar-refractivity contribution in [3.8, 4) is 5.75 Å². The van der Waals surface area contributed by atoms with E-state index in [9.17, 15) is 9.59 Å². The average molecular weight is 324 g/mol. The van der Waals surface area contributed by atoms with E-state index >= 15 is 0 Å². The van der Waals surface area contributed by atoms with E-state index in [-0.39, 0.29) is 18.2 Å². The molecule has 0 aliphatic carbocycles. The number of hydrogen-bond donors (Lipinski definition) is 1. The maximum absolute atomic E-state index is 12.6. The summed E-state index contributed by atoms with van der Waals surface area (Å²) >= 11 is 0. The second-order valence-corrected chi connectivity index (χ2v) is 5.73. The van der Waals surface area contributed by atoms with Crippen molar-refractivity contribution in [3.63, 3.8) is 0 Å². The highest BCUT2D eigenvalue weighted by Gasteiger charge is 2.24. The second kappa shape index (κ2) is 6.74. The summed E-state index contributed by atoms with van der Waals surface area (Å²) in [4.78, 5) is 26.1. The lowest BCUT2D eigenvalue weighted by molar-refractivity contribution is -0.122. The van der Waals surface area contributed by atoms with Crippen molar-refractivity contribution in [3.05, 3.63) is 54.1 Å². The van der Waals surface area contributed by atoms with Crippen LogP contribution < -0.4 is 15.0 Å². The summed E-state index contributed by atoms with van der Waals surface area (Å²) in [6.45, 7) is 4.26. The van der Waals surface area contributed by atoms with Gasteiger partial charge in [0, 0.05) is 12.2 Å². The molecule has 1 unspecified atom stereocenters.